The molecule has 0 aromatic carbocycles. The Morgan fingerprint density at radius 2 is 1.65 bits per heavy atom. The third-order valence-corrected chi connectivity index (χ3v) is 3.05. The largest absolute Gasteiger partial charge is 0.355 e. The zero-order valence-corrected chi connectivity index (χ0v) is 11.5. The molecule has 0 atom stereocenters. The van der Waals surface area contributed by atoms with Crippen molar-refractivity contribution in [1.29, 1.82) is 0 Å². The van der Waals surface area contributed by atoms with Gasteiger partial charge in [0, 0.05) is 25.2 Å². The van der Waals surface area contributed by atoms with Gasteiger partial charge in [-0.2, -0.15) is 5.10 Å². The Morgan fingerprint density at radius 1 is 1.06 bits per heavy atom. The van der Waals surface area contributed by atoms with Gasteiger partial charge in [0.1, 0.15) is 0 Å². The molecule has 0 unspecified atom stereocenters. The Hall–Kier alpha value is -1.16. The first-order valence-electron chi connectivity index (χ1n) is 6.43. The van der Waals surface area contributed by atoms with Crippen LogP contribution in [0.4, 0.5) is 5.82 Å². The first kappa shape index (κ1) is 13.9. The van der Waals surface area contributed by atoms with Gasteiger partial charge in [0.15, 0.2) is 5.82 Å². The van der Waals surface area contributed by atoms with Crippen LogP contribution in [0.15, 0.2) is 0 Å². The zero-order valence-electron chi connectivity index (χ0n) is 11.5. The van der Waals surface area contributed by atoms with Crippen molar-refractivity contribution >= 4 is 5.82 Å². The number of hydrogen-bond donors (Lipinski definition) is 1. The average molecular weight is 236 g/mol. The van der Waals surface area contributed by atoms with Gasteiger partial charge in [0.05, 0.1) is 5.69 Å². The molecule has 1 heterocycles. The molecule has 0 saturated carbocycles. The van der Waals surface area contributed by atoms with Gasteiger partial charge >= 0.3 is 0 Å². The lowest BCUT2D eigenvalue weighted by atomic mass is 10.1. The quantitative estimate of drug-likeness (QED) is 0.822. The maximum atomic E-state index is 5.86. The molecule has 4 heteroatoms. The fourth-order valence-electron chi connectivity index (χ4n) is 2.01. The van der Waals surface area contributed by atoms with E-state index in [2.05, 4.69) is 35.9 Å². The van der Waals surface area contributed by atoms with Crippen molar-refractivity contribution in [1.82, 2.24) is 10.2 Å². The van der Waals surface area contributed by atoms with E-state index in [1.165, 1.54) is 5.56 Å². The summed E-state index contributed by atoms with van der Waals surface area (Å²) in [6.07, 6.45) is 2.22. The minimum absolute atomic E-state index is 0.529. The van der Waals surface area contributed by atoms with E-state index in [1.54, 1.807) is 0 Å². The third kappa shape index (κ3) is 3.16. The number of nitrogens with two attached hydrogens (primary N) is 1. The summed E-state index contributed by atoms with van der Waals surface area (Å²) in [5, 5.41) is 8.57. The minimum atomic E-state index is 0.529. The monoisotopic (exact) mass is 236 g/mol. The van der Waals surface area contributed by atoms with Crippen LogP contribution in [0.25, 0.3) is 0 Å². The van der Waals surface area contributed by atoms with E-state index in [4.69, 9.17) is 5.73 Å². The number of hydrogen-bond acceptors (Lipinski definition) is 4. The molecule has 17 heavy (non-hydrogen) atoms. The molecule has 0 saturated heterocycles. The highest BCUT2D eigenvalue weighted by molar-refractivity contribution is 5.50. The van der Waals surface area contributed by atoms with E-state index in [0.29, 0.717) is 6.54 Å². The second-order valence-electron chi connectivity index (χ2n) is 4.40. The van der Waals surface area contributed by atoms with E-state index >= 15 is 0 Å². The molecule has 0 bridgehead atoms. The van der Waals surface area contributed by atoms with Crippen LogP contribution in [0, 0.1) is 13.8 Å². The van der Waals surface area contributed by atoms with E-state index in [9.17, 15) is 0 Å². The Kier molecular flexibility index (Phi) is 5.35. The average Bonchev–Trinajstić information content (AvgIpc) is 2.32. The van der Waals surface area contributed by atoms with Crippen LogP contribution in [0.1, 0.15) is 43.5 Å². The van der Waals surface area contributed by atoms with Crippen molar-refractivity contribution in [3.63, 3.8) is 0 Å². The van der Waals surface area contributed by atoms with Crippen LogP contribution in [0.2, 0.25) is 0 Å². The number of aryl methyl sites for hydroxylation is 1. The van der Waals surface area contributed by atoms with Crippen molar-refractivity contribution in [3.8, 4) is 0 Å². The Balaban J connectivity index is 3.13. The summed E-state index contributed by atoms with van der Waals surface area (Å²) in [5.41, 5.74) is 9.14. The van der Waals surface area contributed by atoms with Crippen LogP contribution in [0.3, 0.4) is 0 Å². The summed E-state index contributed by atoms with van der Waals surface area (Å²) in [6.45, 7) is 11.0. The number of nitrogens with zero attached hydrogens (tertiary/aromatic N) is 3. The maximum Gasteiger partial charge on any atom is 0.156 e. The molecule has 0 radical (unpaired) electrons. The Morgan fingerprint density at radius 3 is 2.12 bits per heavy atom. The normalized spacial score (nSPS) is 10.6. The van der Waals surface area contributed by atoms with E-state index < -0.39 is 0 Å². The molecule has 0 aliphatic carbocycles. The molecule has 96 valence electrons. The molecule has 1 aromatic heterocycles. The highest BCUT2D eigenvalue weighted by Gasteiger charge is 2.15. The first-order chi connectivity index (χ1) is 8.15. The smallest absolute Gasteiger partial charge is 0.156 e. The van der Waals surface area contributed by atoms with Crippen molar-refractivity contribution in [2.24, 2.45) is 5.73 Å². The zero-order chi connectivity index (χ0) is 12.8. The van der Waals surface area contributed by atoms with Crippen molar-refractivity contribution in [3.05, 3.63) is 16.8 Å². The molecule has 1 rings (SSSR count). The second-order valence-corrected chi connectivity index (χ2v) is 4.40. The van der Waals surface area contributed by atoms with Gasteiger partial charge in [-0.3, -0.25) is 0 Å². The molecule has 2 N–H and O–H groups in total. The van der Waals surface area contributed by atoms with Gasteiger partial charge in [0.25, 0.3) is 0 Å². The van der Waals surface area contributed by atoms with Gasteiger partial charge in [-0.05, 0) is 32.3 Å². The predicted molar refractivity (Wildman–Crippen MR) is 72.2 cm³/mol. The lowest BCUT2D eigenvalue weighted by Crippen LogP contribution is -2.28. The van der Waals surface area contributed by atoms with Gasteiger partial charge in [-0.25, -0.2) is 0 Å². The Bertz CT molecular complexity index is 357. The van der Waals surface area contributed by atoms with E-state index in [-0.39, 0.29) is 0 Å². The third-order valence-electron chi connectivity index (χ3n) is 3.05. The summed E-state index contributed by atoms with van der Waals surface area (Å²) in [6, 6.07) is 0. The minimum Gasteiger partial charge on any atom is -0.355 e. The fraction of sp³-hybridized carbons (Fsp3) is 0.692. The van der Waals surface area contributed by atoms with E-state index in [0.717, 1.165) is 43.0 Å². The first-order valence-corrected chi connectivity index (χ1v) is 6.43. The van der Waals surface area contributed by atoms with Crippen molar-refractivity contribution < 1.29 is 0 Å². The molecule has 0 spiro atoms. The van der Waals surface area contributed by atoms with Gasteiger partial charge in [0.2, 0.25) is 0 Å². The lowest BCUT2D eigenvalue weighted by molar-refractivity contribution is 0.714. The highest BCUT2D eigenvalue weighted by Crippen LogP contribution is 2.22. The molecule has 0 aliphatic heterocycles. The Labute approximate surface area is 104 Å². The van der Waals surface area contributed by atoms with Gasteiger partial charge in [-0.1, -0.05) is 13.8 Å². The maximum absolute atomic E-state index is 5.86. The SMILES string of the molecule is CCCN(CCC)c1nnc(C)c(C)c1CN. The number of aromatic nitrogens is 2. The molecule has 0 fully saturated rings. The van der Waals surface area contributed by atoms with Crippen LogP contribution >= 0.6 is 0 Å². The number of rotatable bonds is 6. The van der Waals surface area contributed by atoms with Crippen molar-refractivity contribution in [2.75, 3.05) is 18.0 Å². The summed E-state index contributed by atoms with van der Waals surface area (Å²) in [7, 11) is 0. The van der Waals surface area contributed by atoms with Crippen LogP contribution in [-0.4, -0.2) is 23.3 Å². The molecule has 4 nitrogen and oxygen atoms in total. The standard InChI is InChI=1S/C13H24N4/c1-5-7-17(8-6-2)13-12(9-14)10(3)11(4)15-16-13/h5-9,14H2,1-4H3. The predicted octanol–water partition coefficient (Wildman–Crippen LogP) is 2.18. The highest BCUT2D eigenvalue weighted by atomic mass is 15.3. The van der Waals surface area contributed by atoms with Gasteiger partial charge in [-0.15, -0.1) is 5.10 Å². The molecular formula is C13H24N4. The molecular weight excluding hydrogens is 212 g/mol. The summed E-state index contributed by atoms with van der Waals surface area (Å²) in [4.78, 5) is 2.29. The van der Waals surface area contributed by atoms with Crippen LogP contribution in [0.5, 0.6) is 0 Å². The summed E-state index contributed by atoms with van der Waals surface area (Å²) < 4.78 is 0. The molecule has 1 aromatic rings. The van der Waals surface area contributed by atoms with Gasteiger partial charge < -0.3 is 10.6 Å². The lowest BCUT2D eigenvalue weighted by Gasteiger charge is -2.25. The summed E-state index contributed by atoms with van der Waals surface area (Å²) >= 11 is 0. The van der Waals surface area contributed by atoms with E-state index in [1.807, 2.05) is 6.92 Å². The molecule has 0 amide bonds. The second kappa shape index (κ2) is 6.55. The fourth-order valence-corrected chi connectivity index (χ4v) is 2.01. The number of anilines is 1. The topological polar surface area (TPSA) is 55.0 Å². The van der Waals surface area contributed by atoms with Crippen LogP contribution < -0.4 is 10.6 Å². The molecule has 0 aliphatic rings. The summed E-state index contributed by atoms with van der Waals surface area (Å²) in [5.74, 6) is 0.972. The van der Waals surface area contributed by atoms with Crippen molar-refractivity contribution in [2.45, 2.75) is 47.1 Å². The van der Waals surface area contributed by atoms with Crippen LogP contribution in [-0.2, 0) is 6.54 Å².